The molecule has 28 heavy (non-hydrogen) atoms. The van der Waals surface area contributed by atoms with Gasteiger partial charge in [-0.2, -0.15) is 0 Å². The van der Waals surface area contributed by atoms with E-state index in [9.17, 15) is 25.3 Å². The van der Waals surface area contributed by atoms with Gasteiger partial charge in [-0.25, -0.2) is 0 Å². The topological polar surface area (TPSA) is 125 Å². The summed E-state index contributed by atoms with van der Waals surface area (Å²) in [5.41, 5.74) is -0.291. The van der Waals surface area contributed by atoms with E-state index in [1.54, 1.807) is 26.8 Å². The first-order valence-corrected chi connectivity index (χ1v) is 8.45. The second-order valence-electron chi connectivity index (χ2n) is 7.30. The van der Waals surface area contributed by atoms with E-state index >= 15 is 0 Å². The second-order valence-corrected chi connectivity index (χ2v) is 7.30. The van der Waals surface area contributed by atoms with Gasteiger partial charge in [0.2, 0.25) is 0 Å². The molecule has 9 nitrogen and oxygen atoms in total. The summed E-state index contributed by atoms with van der Waals surface area (Å²) in [5.74, 6) is 0.336. The molecule has 0 saturated carbocycles. The molecule has 2 aromatic rings. The molecule has 0 radical (unpaired) electrons. The molecule has 0 aliphatic heterocycles. The van der Waals surface area contributed by atoms with Crippen molar-refractivity contribution < 1.29 is 24.4 Å². The van der Waals surface area contributed by atoms with Gasteiger partial charge in [0.25, 0.3) is 5.69 Å². The van der Waals surface area contributed by atoms with Gasteiger partial charge in [0.15, 0.2) is 5.75 Å². The third-order valence-corrected chi connectivity index (χ3v) is 4.16. The number of aliphatic hydroxyl groups excluding tert-OH is 1. The number of benzene rings is 2. The molecule has 150 valence electrons. The van der Waals surface area contributed by atoms with Crippen LogP contribution in [0.3, 0.4) is 0 Å². The van der Waals surface area contributed by atoms with Crippen molar-refractivity contribution in [3.05, 3.63) is 67.8 Å². The smallest absolute Gasteiger partial charge is 0.314 e. The molecule has 1 N–H and O–H groups in total. The monoisotopic (exact) mass is 390 g/mol. The quantitative estimate of drug-likeness (QED) is 0.555. The SMILES string of the molecule is COc1ccc(OCc2ccc(C(O)C(C)(C)C)c([N+](=O)[O-])c2)cc1[N+](=O)[O-]. The summed E-state index contributed by atoms with van der Waals surface area (Å²) >= 11 is 0. The summed E-state index contributed by atoms with van der Waals surface area (Å²) in [6.45, 7) is 5.33. The van der Waals surface area contributed by atoms with Gasteiger partial charge >= 0.3 is 5.69 Å². The highest BCUT2D eigenvalue weighted by atomic mass is 16.6. The Balaban J connectivity index is 2.26. The van der Waals surface area contributed by atoms with Crippen LogP contribution in [0, 0.1) is 25.6 Å². The van der Waals surface area contributed by atoms with E-state index in [0.717, 1.165) is 0 Å². The molecule has 0 spiro atoms. The lowest BCUT2D eigenvalue weighted by Crippen LogP contribution is -2.19. The van der Waals surface area contributed by atoms with Crippen LogP contribution in [0.15, 0.2) is 36.4 Å². The highest BCUT2D eigenvalue weighted by Gasteiger charge is 2.30. The third-order valence-electron chi connectivity index (χ3n) is 4.16. The van der Waals surface area contributed by atoms with E-state index in [1.165, 1.54) is 37.4 Å². The number of nitro groups is 2. The van der Waals surface area contributed by atoms with Gasteiger partial charge in [-0.3, -0.25) is 20.2 Å². The summed E-state index contributed by atoms with van der Waals surface area (Å²) < 4.78 is 10.5. The lowest BCUT2D eigenvalue weighted by molar-refractivity contribution is -0.386. The Morgan fingerprint density at radius 2 is 1.68 bits per heavy atom. The van der Waals surface area contributed by atoms with Crippen molar-refractivity contribution in [1.82, 2.24) is 0 Å². The van der Waals surface area contributed by atoms with Crippen molar-refractivity contribution in [2.45, 2.75) is 33.5 Å². The van der Waals surface area contributed by atoms with Crippen LogP contribution in [-0.2, 0) is 6.61 Å². The molecule has 1 unspecified atom stereocenters. The van der Waals surface area contributed by atoms with E-state index in [1.807, 2.05) is 0 Å². The summed E-state index contributed by atoms with van der Waals surface area (Å²) in [6, 6.07) is 8.61. The Bertz CT molecular complexity index is 890. The number of hydrogen-bond acceptors (Lipinski definition) is 7. The molecule has 0 heterocycles. The molecule has 0 fully saturated rings. The summed E-state index contributed by atoms with van der Waals surface area (Å²) in [4.78, 5) is 21.4. The minimum atomic E-state index is -1.01. The number of methoxy groups -OCH3 is 1. The summed E-state index contributed by atoms with van der Waals surface area (Å²) in [6.07, 6.45) is -1.01. The number of nitrogens with zero attached hydrogens (tertiary/aromatic N) is 2. The normalized spacial score (nSPS) is 12.3. The highest BCUT2D eigenvalue weighted by Crippen LogP contribution is 2.38. The standard InChI is InChI=1S/C19H22N2O7/c1-19(2,3)18(22)14-7-5-12(9-15(14)20(23)24)11-28-13-6-8-17(27-4)16(10-13)21(25)26/h5-10,18,22H,11H2,1-4H3. The Kier molecular flexibility index (Phi) is 6.19. The molecule has 2 aromatic carbocycles. The molecule has 0 aromatic heterocycles. The number of nitro benzene ring substituents is 2. The van der Waals surface area contributed by atoms with Crippen LogP contribution < -0.4 is 9.47 Å². The van der Waals surface area contributed by atoms with Gasteiger partial charge < -0.3 is 14.6 Å². The minimum Gasteiger partial charge on any atom is -0.490 e. The van der Waals surface area contributed by atoms with Crippen molar-refractivity contribution in [1.29, 1.82) is 0 Å². The van der Waals surface area contributed by atoms with Crippen LogP contribution in [0.25, 0.3) is 0 Å². The Morgan fingerprint density at radius 3 is 2.21 bits per heavy atom. The van der Waals surface area contributed by atoms with Crippen molar-refractivity contribution in [3.8, 4) is 11.5 Å². The Morgan fingerprint density at radius 1 is 1.04 bits per heavy atom. The molecule has 0 bridgehead atoms. The fourth-order valence-electron chi connectivity index (χ4n) is 2.60. The average Bonchev–Trinajstić information content (AvgIpc) is 2.64. The molecule has 9 heteroatoms. The number of rotatable bonds is 7. The molecule has 0 saturated heterocycles. The van der Waals surface area contributed by atoms with Crippen LogP contribution in [0.5, 0.6) is 11.5 Å². The third kappa shape index (κ3) is 4.74. The largest absolute Gasteiger partial charge is 0.490 e. The van der Waals surface area contributed by atoms with Crippen LogP contribution in [-0.4, -0.2) is 22.1 Å². The van der Waals surface area contributed by atoms with Crippen molar-refractivity contribution in [2.75, 3.05) is 7.11 Å². The maximum Gasteiger partial charge on any atom is 0.314 e. The van der Waals surface area contributed by atoms with Gasteiger partial charge in [0.05, 0.1) is 34.7 Å². The average molecular weight is 390 g/mol. The highest BCUT2D eigenvalue weighted by molar-refractivity contribution is 5.51. The minimum absolute atomic E-state index is 0.0315. The summed E-state index contributed by atoms with van der Waals surface area (Å²) in [7, 11) is 1.33. The maximum absolute atomic E-state index is 11.4. The van der Waals surface area contributed by atoms with Crippen LogP contribution in [0.4, 0.5) is 11.4 Å². The molecular weight excluding hydrogens is 368 g/mol. The predicted octanol–water partition coefficient (Wildman–Crippen LogP) is 4.17. The molecule has 0 aliphatic rings. The fraction of sp³-hybridized carbons (Fsp3) is 0.368. The van der Waals surface area contributed by atoms with Crippen LogP contribution in [0.2, 0.25) is 0 Å². The van der Waals surface area contributed by atoms with Crippen LogP contribution >= 0.6 is 0 Å². The molecule has 0 amide bonds. The lowest BCUT2D eigenvalue weighted by Gasteiger charge is -2.26. The fourth-order valence-corrected chi connectivity index (χ4v) is 2.60. The van der Waals surface area contributed by atoms with E-state index < -0.39 is 21.4 Å². The first-order valence-electron chi connectivity index (χ1n) is 8.45. The van der Waals surface area contributed by atoms with E-state index in [2.05, 4.69) is 0 Å². The first-order chi connectivity index (χ1) is 13.0. The zero-order valence-corrected chi connectivity index (χ0v) is 16.0. The lowest BCUT2D eigenvalue weighted by atomic mass is 9.84. The van der Waals surface area contributed by atoms with Crippen molar-refractivity contribution in [3.63, 3.8) is 0 Å². The second kappa shape index (κ2) is 8.22. The zero-order chi connectivity index (χ0) is 21.1. The molecule has 2 rings (SSSR count). The van der Waals surface area contributed by atoms with Gasteiger partial charge in [-0.1, -0.05) is 26.8 Å². The van der Waals surface area contributed by atoms with Crippen molar-refractivity contribution >= 4 is 11.4 Å². The van der Waals surface area contributed by atoms with Gasteiger partial charge in [-0.15, -0.1) is 0 Å². The number of hydrogen-bond donors (Lipinski definition) is 1. The maximum atomic E-state index is 11.4. The van der Waals surface area contributed by atoms with E-state index in [-0.39, 0.29) is 35.0 Å². The molecule has 0 aliphatic carbocycles. The van der Waals surface area contributed by atoms with Gasteiger partial charge in [0, 0.05) is 6.07 Å². The van der Waals surface area contributed by atoms with Crippen LogP contribution in [0.1, 0.15) is 38.0 Å². The van der Waals surface area contributed by atoms with Crippen molar-refractivity contribution in [2.24, 2.45) is 5.41 Å². The van der Waals surface area contributed by atoms with E-state index in [0.29, 0.717) is 5.56 Å². The Labute approximate surface area is 161 Å². The van der Waals surface area contributed by atoms with E-state index in [4.69, 9.17) is 9.47 Å². The molecular formula is C19H22N2O7. The number of aliphatic hydroxyl groups is 1. The molecule has 1 atom stereocenters. The van der Waals surface area contributed by atoms with Gasteiger partial charge in [-0.05, 0) is 29.2 Å². The zero-order valence-electron chi connectivity index (χ0n) is 16.0. The predicted molar refractivity (Wildman–Crippen MR) is 101 cm³/mol. The van der Waals surface area contributed by atoms with Gasteiger partial charge in [0.1, 0.15) is 12.4 Å². The Hall–Kier alpha value is -3.20. The summed E-state index contributed by atoms with van der Waals surface area (Å²) in [5, 5.41) is 32.9. The first kappa shape index (κ1) is 21.1. The number of ether oxygens (including phenoxy) is 2.